The van der Waals surface area contributed by atoms with Gasteiger partial charge in [-0.15, -0.1) is 0 Å². The minimum atomic E-state index is -0.156. The number of aliphatic hydroxyl groups is 1. The van der Waals surface area contributed by atoms with Crippen LogP contribution in [0.15, 0.2) is 42.5 Å². The summed E-state index contributed by atoms with van der Waals surface area (Å²) in [6, 6.07) is 13.5. The minimum Gasteiger partial charge on any atom is -0.395 e. The van der Waals surface area contributed by atoms with E-state index < -0.39 is 0 Å². The minimum absolute atomic E-state index is 0.0625. The fraction of sp³-hybridized carbons (Fsp3) is 0.400. The van der Waals surface area contributed by atoms with Crippen molar-refractivity contribution in [2.45, 2.75) is 6.42 Å². The van der Waals surface area contributed by atoms with Crippen molar-refractivity contribution in [2.24, 2.45) is 0 Å². The predicted molar refractivity (Wildman–Crippen MR) is 101 cm³/mol. The van der Waals surface area contributed by atoms with Gasteiger partial charge in [-0.3, -0.25) is 14.5 Å². The summed E-state index contributed by atoms with van der Waals surface area (Å²) in [4.78, 5) is 28.5. The van der Waals surface area contributed by atoms with Gasteiger partial charge in [0.1, 0.15) is 0 Å². The second kappa shape index (κ2) is 8.78. The van der Waals surface area contributed by atoms with E-state index >= 15 is 0 Å². The van der Waals surface area contributed by atoms with Crippen molar-refractivity contribution >= 4 is 22.6 Å². The van der Waals surface area contributed by atoms with Gasteiger partial charge in [0.2, 0.25) is 5.91 Å². The van der Waals surface area contributed by atoms with Crippen LogP contribution in [0.2, 0.25) is 0 Å². The first kappa shape index (κ1) is 18.4. The number of hydrogen-bond donors (Lipinski definition) is 2. The van der Waals surface area contributed by atoms with Gasteiger partial charge in [-0.05, 0) is 22.9 Å². The van der Waals surface area contributed by atoms with E-state index in [2.05, 4.69) is 10.2 Å². The van der Waals surface area contributed by atoms with Crippen LogP contribution in [0.25, 0.3) is 10.8 Å². The molecule has 6 nitrogen and oxygen atoms in total. The van der Waals surface area contributed by atoms with Gasteiger partial charge in [-0.2, -0.15) is 0 Å². The standard InChI is InChI=1S/C20H25N3O3/c24-14-13-22-9-11-23(12-10-22)19(25)7-8-21-20(26)18-6-5-16-3-1-2-4-17(16)15-18/h1-6,15,24H,7-14H2,(H,21,26). The summed E-state index contributed by atoms with van der Waals surface area (Å²) in [6.45, 7) is 4.07. The molecule has 1 heterocycles. The molecule has 1 aliphatic heterocycles. The lowest BCUT2D eigenvalue weighted by Crippen LogP contribution is -2.49. The number of benzene rings is 2. The Labute approximate surface area is 153 Å². The summed E-state index contributed by atoms with van der Waals surface area (Å²) in [5.74, 6) is -0.0937. The molecule has 0 radical (unpaired) electrons. The lowest BCUT2D eigenvalue weighted by molar-refractivity contribution is -0.132. The van der Waals surface area contributed by atoms with Gasteiger partial charge < -0.3 is 15.3 Å². The third-order valence-corrected chi connectivity index (χ3v) is 4.78. The number of amides is 2. The van der Waals surface area contributed by atoms with Gasteiger partial charge in [0, 0.05) is 51.3 Å². The average Bonchev–Trinajstić information content (AvgIpc) is 2.68. The van der Waals surface area contributed by atoms with Crippen LogP contribution >= 0.6 is 0 Å². The van der Waals surface area contributed by atoms with E-state index in [0.717, 1.165) is 23.9 Å². The van der Waals surface area contributed by atoms with Crippen molar-refractivity contribution in [3.63, 3.8) is 0 Å². The molecule has 3 rings (SSSR count). The predicted octanol–water partition coefficient (Wildman–Crippen LogP) is 1.10. The summed E-state index contributed by atoms with van der Waals surface area (Å²) in [7, 11) is 0. The number of carbonyl (C=O) groups excluding carboxylic acids is 2. The van der Waals surface area contributed by atoms with E-state index in [-0.39, 0.29) is 18.4 Å². The number of carbonyl (C=O) groups is 2. The third-order valence-electron chi connectivity index (χ3n) is 4.78. The van der Waals surface area contributed by atoms with Crippen molar-refractivity contribution in [1.82, 2.24) is 15.1 Å². The maximum absolute atomic E-state index is 12.3. The highest BCUT2D eigenvalue weighted by atomic mass is 16.3. The fourth-order valence-corrected chi connectivity index (χ4v) is 3.24. The van der Waals surface area contributed by atoms with E-state index in [1.165, 1.54) is 0 Å². The molecule has 2 aromatic rings. The molecular weight excluding hydrogens is 330 g/mol. The normalized spacial score (nSPS) is 15.2. The summed E-state index contributed by atoms with van der Waals surface area (Å²) in [6.07, 6.45) is 0.305. The lowest BCUT2D eigenvalue weighted by Gasteiger charge is -2.34. The van der Waals surface area contributed by atoms with Gasteiger partial charge in [0.05, 0.1) is 6.61 Å². The number of fused-ring (bicyclic) bond motifs is 1. The average molecular weight is 355 g/mol. The molecule has 1 aliphatic rings. The number of β-amino-alcohol motifs (C(OH)–C–C–N with tert-alkyl or cyclic N) is 1. The van der Waals surface area contributed by atoms with E-state index in [0.29, 0.717) is 38.2 Å². The Hall–Kier alpha value is -2.44. The molecule has 2 aromatic carbocycles. The summed E-state index contributed by atoms with van der Waals surface area (Å²) >= 11 is 0. The molecular formula is C20H25N3O3. The van der Waals surface area contributed by atoms with Crippen LogP contribution in [0.3, 0.4) is 0 Å². The zero-order valence-corrected chi connectivity index (χ0v) is 14.9. The topological polar surface area (TPSA) is 72.9 Å². The Bertz CT molecular complexity index is 770. The molecule has 2 N–H and O–H groups in total. The number of nitrogens with one attached hydrogen (secondary N) is 1. The molecule has 0 bridgehead atoms. The number of rotatable bonds is 6. The monoisotopic (exact) mass is 355 g/mol. The van der Waals surface area contributed by atoms with E-state index in [1.807, 2.05) is 41.3 Å². The van der Waals surface area contributed by atoms with Crippen LogP contribution in [0, 0.1) is 0 Å². The molecule has 6 heteroatoms. The van der Waals surface area contributed by atoms with Crippen LogP contribution in [0.5, 0.6) is 0 Å². The summed E-state index contributed by atoms with van der Waals surface area (Å²) in [5.41, 5.74) is 0.605. The van der Waals surface area contributed by atoms with E-state index in [1.54, 1.807) is 6.07 Å². The molecule has 26 heavy (non-hydrogen) atoms. The molecule has 0 aromatic heterocycles. The lowest BCUT2D eigenvalue weighted by atomic mass is 10.1. The molecule has 0 saturated carbocycles. The Balaban J connectivity index is 1.45. The first-order chi connectivity index (χ1) is 12.7. The van der Waals surface area contributed by atoms with Crippen LogP contribution < -0.4 is 5.32 Å². The SMILES string of the molecule is O=C(NCCC(=O)N1CCN(CCO)CC1)c1ccc2ccccc2c1. The van der Waals surface area contributed by atoms with Gasteiger partial charge in [0.25, 0.3) is 5.91 Å². The highest BCUT2D eigenvalue weighted by molar-refractivity contribution is 5.98. The Morgan fingerprint density at radius 2 is 1.73 bits per heavy atom. The summed E-state index contributed by atoms with van der Waals surface area (Å²) in [5, 5.41) is 13.9. The van der Waals surface area contributed by atoms with Crippen molar-refractivity contribution < 1.29 is 14.7 Å². The maximum atomic E-state index is 12.3. The zero-order chi connectivity index (χ0) is 18.4. The zero-order valence-electron chi connectivity index (χ0n) is 14.9. The van der Waals surface area contributed by atoms with Gasteiger partial charge in [0.15, 0.2) is 0 Å². The number of hydrogen-bond acceptors (Lipinski definition) is 4. The van der Waals surface area contributed by atoms with Crippen molar-refractivity contribution in [3.8, 4) is 0 Å². The van der Waals surface area contributed by atoms with Gasteiger partial charge >= 0.3 is 0 Å². The van der Waals surface area contributed by atoms with E-state index in [9.17, 15) is 9.59 Å². The second-order valence-electron chi connectivity index (χ2n) is 6.51. The maximum Gasteiger partial charge on any atom is 0.251 e. The first-order valence-corrected chi connectivity index (χ1v) is 9.05. The van der Waals surface area contributed by atoms with Crippen molar-refractivity contribution in [2.75, 3.05) is 45.9 Å². The highest BCUT2D eigenvalue weighted by Gasteiger charge is 2.20. The second-order valence-corrected chi connectivity index (χ2v) is 6.51. The molecule has 1 saturated heterocycles. The largest absolute Gasteiger partial charge is 0.395 e. The van der Waals surface area contributed by atoms with E-state index in [4.69, 9.17) is 5.11 Å². The van der Waals surface area contributed by atoms with Gasteiger partial charge in [-0.1, -0.05) is 30.3 Å². The Kier molecular flexibility index (Phi) is 6.20. The molecule has 2 amide bonds. The number of nitrogens with zero attached hydrogens (tertiary/aromatic N) is 2. The highest BCUT2D eigenvalue weighted by Crippen LogP contribution is 2.15. The van der Waals surface area contributed by atoms with Crippen LogP contribution in [-0.4, -0.2) is 72.6 Å². The quantitative estimate of drug-likeness (QED) is 0.814. The van der Waals surface area contributed by atoms with Crippen LogP contribution in [0.4, 0.5) is 0 Å². The number of aliphatic hydroxyl groups excluding tert-OH is 1. The molecule has 0 unspecified atom stereocenters. The van der Waals surface area contributed by atoms with Crippen molar-refractivity contribution in [3.05, 3.63) is 48.0 Å². The van der Waals surface area contributed by atoms with Crippen molar-refractivity contribution in [1.29, 1.82) is 0 Å². The third kappa shape index (κ3) is 4.59. The molecule has 0 atom stereocenters. The fourth-order valence-electron chi connectivity index (χ4n) is 3.24. The molecule has 1 fully saturated rings. The number of piperazine rings is 1. The Morgan fingerprint density at radius 1 is 1.00 bits per heavy atom. The molecule has 138 valence electrons. The molecule has 0 spiro atoms. The first-order valence-electron chi connectivity index (χ1n) is 9.05. The molecule has 0 aliphatic carbocycles. The summed E-state index contributed by atoms with van der Waals surface area (Å²) < 4.78 is 0. The Morgan fingerprint density at radius 3 is 2.46 bits per heavy atom. The smallest absolute Gasteiger partial charge is 0.251 e. The van der Waals surface area contributed by atoms with Crippen LogP contribution in [-0.2, 0) is 4.79 Å². The van der Waals surface area contributed by atoms with Gasteiger partial charge in [-0.25, -0.2) is 0 Å². The van der Waals surface area contributed by atoms with Crippen LogP contribution in [0.1, 0.15) is 16.8 Å².